The van der Waals surface area contributed by atoms with Crippen LogP contribution in [0.25, 0.3) is 0 Å². The van der Waals surface area contributed by atoms with Gasteiger partial charge in [-0.15, -0.1) is 0 Å². The Morgan fingerprint density at radius 1 is 1.32 bits per heavy atom. The predicted octanol–water partition coefficient (Wildman–Crippen LogP) is 0.385. The molecule has 1 rings (SSSR count). The predicted molar refractivity (Wildman–Crippen MR) is 74.4 cm³/mol. The van der Waals surface area contributed by atoms with E-state index in [4.69, 9.17) is 9.47 Å². The zero-order valence-electron chi connectivity index (χ0n) is 12.4. The molecule has 0 saturated carbocycles. The highest BCUT2D eigenvalue weighted by Gasteiger charge is 2.22. The third kappa shape index (κ3) is 6.75. The first-order chi connectivity index (χ1) is 9.13. The van der Waals surface area contributed by atoms with Gasteiger partial charge in [-0.25, -0.2) is 4.79 Å². The summed E-state index contributed by atoms with van der Waals surface area (Å²) in [5.74, 6) is 0. The van der Waals surface area contributed by atoms with Crippen molar-refractivity contribution in [3.05, 3.63) is 0 Å². The van der Waals surface area contributed by atoms with Crippen LogP contribution in [0.1, 0.15) is 12.8 Å². The number of carbonyl (C=O) groups is 1. The van der Waals surface area contributed by atoms with Gasteiger partial charge in [0.05, 0.1) is 19.3 Å². The van der Waals surface area contributed by atoms with E-state index in [0.29, 0.717) is 19.3 Å². The lowest BCUT2D eigenvalue weighted by Crippen LogP contribution is -2.46. The number of ether oxygens (including phenoxy) is 2. The molecule has 1 fully saturated rings. The Kier molecular flexibility index (Phi) is 7.78. The number of carbonyl (C=O) groups excluding carboxylic acids is 1. The maximum atomic E-state index is 11.8. The molecular formula is C13H27N3O3. The lowest BCUT2D eigenvalue weighted by Gasteiger charge is -2.32. The Morgan fingerprint density at radius 2 is 2.00 bits per heavy atom. The van der Waals surface area contributed by atoms with Crippen molar-refractivity contribution in [3.63, 3.8) is 0 Å². The summed E-state index contributed by atoms with van der Waals surface area (Å²) in [5, 5.41) is 2.84. The molecule has 1 N–H and O–H groups in total. The second kappa shape index (κ2) is 9.12. The van der Waals surface area contributed by atoms with Gasteiger partial charge >= 0.3 is 6.03 Å². The molecule has 1 aliphatic heterocycles. The third-order valence-corrected chi connectivity index (χ3v) is 3.20. The third-order valence-electron chi connectivity index (χ3n) is 3.20. The van der Waals surface area contributed by atoms with Crippen molar-refractivity contribution in [1.82, 2.24) is 15.1 Å². The number of rotatable bonds is 7. The largest absolute Gasteiger partial charge is 0.383 e. The van der Waals surface area contributed by atoms with Crippen molar-refractivity contribution in [2.24, 2.45) is 0 Å². The van der Waals surface area contributed by atoms with Crippen molar-refractivity contribution in [3.8, 4) is 0 Å². The molecule has 0 aromatic carbocycles. The van der Waals surface area contributed by atoms with Crippen molar-refractivity contribution >= 4 is 6.03 Å². The average molecular weight is 273 g/mol. The van der Waals surface area contributed by atoms with E-state index in [9.17, 15) is 4.79 Å². The number of piperidine rings is 1. The number of urea groups is 1. The summed E-state index contributed by atoms with van der Waals surface area (Å²) in [7, 11) is 5.70. The first-order valence-electron chi connectivity index (χ1n) is 6.91. The SMILES string of the molecule is COCCNC(=O)N1CCC(OCCN(C)C)CC1. The summed E-state index contributed by atoms with van der Waals surface area (Å²) in [6, 6.07) is 0.00351. The Bertz CT molecular complexity index is 254. The summed E-state index contributed by atoms with van der Waals surface area (Å²) in [4.78, 5) is 15.8. The molecule has 19 heavy (non-hydrogen) atoms. The molecule has 2 amide bonds. The summed E-state index contributed by atoms with van der Waals surface area (Å²) < 4.78 is 10.7. The molecule has 0 bridgehead atoms. The minimum Gasteiger partial charge on any atom is -0.383 e. The first kappa shape index (κ1) is 16.2. The van der Waals surface area contributed by atoms with E-state index in [0.717, 1.165) is 39.1 Å². The molecular weight excluding hydrogens is 246 g/mol. The molecule has 112 valence electrons. The molecule has 0 radical (unpaired) electrons. The summed E-state index contributed by atoms with van der Waals surface area (Å²) >= 11 is 0. The number of hydrogen-bond acceptors (Lipinski definition) is 4. The first-order valence-corrected chi connectivity index (χ1v) is 6.91. The molecule has 1 aliphatic rings. The second-order valence-corrected chi connectivity index (χ2v) is 5.09. The fraction of sp³-hybridized carbons (Fsp3) is 0.923. The average Bonchev–Trinajstić information content (AvgIpc) is 2.39. The molecule has 0 aromatic rings. The van der Waals surface area contributed by atoms with Gasteiger partial charge in [-0.2, -0.15) is 0 Å². The fourth-order valence-electron chi connectivity index (χ4n) is 2.00. The Labute approximate surface area is 116 Å². The van der Waals surface area contributed by atoms with Crippen LogP contribution < -0.4 is 5.32 Å². The highest BCUT2D eigenvalue weighted by molar-refractivity contribution is 5.74. The molecule has 1 heterocycles. The molecule has 0 unspecified atom stereocenters. The minimum absolute atomic E-state index is 0.00351. The van der Waals surface area contributed by atoms with Crippen LogP contribution in [0.3, 0.4) is 0 Å². The number of likely N-dealkylation sites (N-methyl/N-ethyl adjacent to an activating group) is 1. The number of methoxy groups -OCH3 is 1. The van der Waals surface area contributed by atoms with Gasteiger partial charge in [0, 0.05) is 33.3 Å². The van der Waals surface area contributed by atoms with Crippen LogP contribution >= 0.6 is 0 Å². The van der Waals surface area contributed by atoms with Gasteiger partial charge in [0.2, 0.25) is 0 Å². The van der Waals surface area contributed by atoms with Crippen LogP contribution in [0.15, 0.2) is 0 Å². The van der Waals surface area contributed by atoms with Gasteiger partial charge in [0.1, 0.15) is 0 Å². The fourth-order valence-corrected chi connectivity index (χ4v) is 2.00. The van der Waals surface area contributed by atoms with Crippen LogP contribution in [0.4, 0.5) is 4.79 Å². The lowest BCUT2D eigenvalue weighted by molar-refractivity contribution is 0.00904. The van der Waals surface area contributed by atoms with E-state index in [1.54, 1.807) is 7.11 Å². The van der Waals surface area contributed by atoms with Crippen LogP contribution in [0, 0.1) is 0 Å². The maximum absolute atomic E-state index is 11.8. The van der Waals surface area contributed by atoms with E-state index in [-0.39, 0.29) is 6.03 Å². The van der Waals surface area contributed by atoms with Crippen molar-refractivity contribution < 1.29 is 14.3 Å². The van der Waals surface area contributed by atoms with E-state index in [2.05, 4.69) is 10.2 Å². The van der Waals surface area contributed by atoms with Crippen molar-refractivity contribution in [2.45, 2.75) is 18.9 Å². The van der Waals surface area contributed by atoms with Gasteiger partial charge in [-0.1, -0.05) is 0 Å². The molecule has 1 saturated heterocycles. The van der Waals surface area contributed by atoms with Crippen LogP contribution in [0.5, 0.6) is 0 Å². The Balaban J connectivity index is 2.12. The number of likely N-dealkylation sites (tertiary alicyclic amines) is 1. The molecule has 0 atom stereocenters. The maximum Gasteiger partial charge on any atom is 0.317 e. The van der Waals surface area contributed by atoms with Gasteiger partial charge < -0.3 is 24.6 Å². The Hall–Kier alpha value is -0.850. The molecule has 0 spiro atoms. The normalized spacial score (nSPS) is 16.9. The lowest BCUT2D eigenvalue weighted by atomic mass is 10.1. The van der Waals surface area contributed by atoms with E-state index in [1.807, 2.05) is 19.0 Å². The van der Waals surface area contributed by atoms with Gasteiger partial charge in [-0.3, -0.25) is 0 Å². The zero-order valence-corrected chi connectivity index (χ0v) is 12.4. The monoisotopic (exact) mass is 273 g/mol. The number of hydrogen-bond donors (Lipinski definition) is 1. The minimum atomic E-state index is 0.00351. The van der Waals surface area contributed by atoms with E-state index < -0.39 is 0 Å². The highest BCUT2D eigenvalue weighted by atomic mass is 16.5. The Morgan fingerprint density at radius 3 is 2.58 bits per heavy atom. The quantitative estimate of drug-likeness (QED) is 0.682. The summed E-state index contributed by atoms with van der Waals surface area (Å²) in [6.45, 7) is 4.36. The van der Waals surface area contributed by atoms with Crippen molar-refractivity contribution in [2.75, 3.05) is 60.6 Å². The van der Waals surface area contributed by atoms with Crippen molar-refractivity contribution in [1.29, 1.82) is 0 Å². The van der Waals surface area contributed by atoms with E-state index >= 15 is 0 Å². The van der Waals surface area contributed by atoms with Crippen LogP contribution in [-0.2, 0) is 9.47 Å². The summed E-state index contributed by atoms with van der Waals surface area (Å²) in [5.41, 5.74) is 0. The van der Waals surface area contributed by atoms with Gasteiger partial charge in [0.15, 0.2) is 0 Å². The molecule has 6 nitrogen and oxygen atoms in total. The molecule has 6 heteroatoms. The number of nitrogens with zero attached hydrogens (tertiary/aromatic N) is 2. The molecule has 0 aliphatic carbocycles. The smallest absolute Gasteiger partial charge is 0.317 e. The van der Waals surface area contributed by atoms with Crippen LogP contribution in [0.2, 0.25) is 0 Å². The standard InChI is InChI=1S/C13H27N3O3/c1-15(2)9-11-19-12-4-7-16(8-5-12)13(17)14-6-10-18-3/h12H,4-11H2,1-3H3,(H,14,17). The summed E-state index contributed by atoms with van der Waals surface area (Å²) in [6.07, 6.45) is 2.14. The highest BCUT2D eigenvalue weighted by Crippen LogP contribution is 2.13. The number of amides is 2. The molecule has 0 aromatic heterocycles. The van der Waals surface area contributed by atoms with Crippen LogP contribution in [-0.4, -0.2) is 82.5 Å². The number of nitrogens with one attached hydrogen (secondary N) is 1. The second-order valence-electron chi connectivity index (χ2n) is 5.09. The van der Waals surface area contributed by atoms with Gasteiger partial charge in [0.25, 0.3) is 0 Å². The van der Waals surface area contributed by atoms with E-state index in [1.165, 1.54) is 0 Å². The zero-order chi connectivity index (χ0) is 14.1. The van der Waals surface area contributed by atoms with Gasteiger partial charge in [-0.05, 0) is 26.9 Å². The topological polar surface area (TPSA) is 54.0 Å².